The summed E-state index contributed by atoms with van der Waals surface area (Å²) in [6.07, 6.45) is 0. The molecule has 0 fully saturated rings. The minimum absolute atomic E-state index is 0.222. The molecule has 0 saturated carbocycles. The summed E-state index contributed by atoms with van der Waals surface area (Å²) in [4.78, 5) is 4.31. The number of ether oxygens (including phenoxy) is 1. The Morgan fingerprint density at radius 3 is 2.94 bits per heavy atom. The lowest BCUT2D eigenvalue weighted by atomic mass is 10.2. The molecule has 2 rings (SSSR count). The second kappa shape index (κ2) is 4.80. The van der Waals surface area contributed by atoms with E-state index in [9.17, 15) is 4.39 Å². The Balaban J connectivity index is 2.40. The summed E-state index contributed by atoms with van der Waals surface area (Å²) in [5.41, 5.74) is 1.66. The van der Waals surface area contributed by atoms with Gasteiger partial charge >= 0.3 is 0 Å². The van der Waals surface area contributed by atoms with Gasteiger partial charge in [-0.15, -0.1) is 22.9 Å². The highest BCUT2D eigenvalue weighted by atomic mass is 35.5. The number of aromatic nitrogens is 1. The van der Waals surface area contributed by atoms with E-state index in [1.54, 1.807) is 12.1 Å². The molecule has 2 aromatic rings. The molecule has 1 aromatic heterocycles. The van der Waals surface area contributed by atoms with E-state index in [4.69, 9.17) is 16.3 Å². The van der Waals surface area contributed by atoms with Crippen LogP contribution in [0, 0.1) is 5.82 Å². The zero-order valence-corrected chi connectivity index (χ0v) is 10.1. The molecule has 0 radical (unpaired) electrons. The Morgan fingerprint density at radius 2 is 2.31 bits per heavy atom. The van der Waals surface area contributed by atoms with Crippen molar-refractivity contribution in [2.24, 2.45) is 0 Å². The lowest BCUT2D eigenvalue weighted by molar-refractivity contribution is 0.387. The van der Waals surface area contributed by atoms with Crippen LogP contribution in [0.25, 0.3) is 10.6 Å². The maximum absolute atomic E-state index is 13.2. The van der Waals surface area contributed by atoms with Crippen molar-refractivity contribution >= 4 is 22.9 Å². The van der Waals surface area contributed by atoms with Crippen LogP contribution in [0.2, 0.25) is 0 Å². The lowest BCUT2D eigenvalue weighted by Crippen LogP contribution is -1.88. The van der Waals surface area contributed by atoms with Crippen LogP contribution >= 0.6 is 22.9 Å². The number of hydrogen-bond donors (Lipinski definition) is 0. The molecule has 0 N–H and O–H groups in total. The summed E-state index contributed by atoms with van der Waals surface area (Å²) in [6, 6.07) is 4.68. The average molecular weight is 258 g/mol. The number of hydrogen-bond acceptors (Lipinski definition) is 3. The summed E-state index contributed by atoms with van der Waals surface area (Å²) in [5.74, 6) is 0.231. The van der Waals surface area contributed by atoms with E-state index in [-0.39, 0.29) is 11.6 Å². The van der Waals surface area contributed by atoms with Crippen molar-refractivity contribution in [1.29, 1.82) is 0 Å². The van der Waals surface area contributed by atoms with Gasteiger partial charge in [0.05, 0.1) is 18.7 Å². The van der Waals surface area contributed by atoms with E-state index in [1.165, 1.54) is 24.5 Å². The van der Waals surface area contributed by atoms with E-state index in [0.29, 0.717) is 5.88 Å². The van der Waals surface area contributed by atoms with Crippen molar-refractivity contribution in [3.8, 4) is 16.3 Å². The second-order valence-corrected chi connectivity index (χ2v) is 4.25. The molecule has 0 aliphatic heterocycles. The quantitative estimate of drug-likeness (QED) is 0.783. The smallest absolute Gasteiger partial charge is 0.165 e. The first-order chi connectivity index (χ1) is 7.74. The molecule has 0 amide bonds. The predicted molar refractivity (Wildman–Crippen MR) is 63.6 cm³/mol. The lowest BCUT2D eigenvalue weighted by Gasteiger charge is -2.03. The number of methoxy groups -OCH3 is 1. The molecular formula is C11H9ClFNOS. The molecule has 0 saturated heterocycles. The summed E-state index contributed by atoms with van der Waals surface area (Å²) in [5, 5.41) is 2.70. The molecule has 2 nitrogen and oxygen atoms in total. The van der Waals surface area contributed by atoms with E-state index in [1.807, 2.05) is 5.38 Å². The number of benzene rings is 1. The molecule has 0 atom stereocenters. The van der Waals surface area contributed by atoms with Crippen LogP contribution in [0.5, 0.6) is 5.75 Å². The van der Waals surface area contributed by atoms with Gasteiger partial charge in [0.2, 0.25) is 0 Å². The van der Waals surface area contributed by atoms with E-state index < -0.39 is 0 Å². The fraction of sp³-hybridized carbons (Fsp3) is 0.182. The van der Waals surface area contributed by atoms with Gasteiger partial charge < -0.3 is 4.74 Å². The van der Waals surface area contributed by atoms with E-state index in [2.05, 4.69) is 4.98 Å². The largest absolute Gasteiger partial charge is 0.494 e. The summed E-state index contributed by atoms with van der Waals surface area (Å²) < 4.78 is 18.1. The molecule has 0 spiro atoms. The molecule has 0 bridgehead atoms. The minimum Gasteiger partial charge on any atom is -0.494 e. The zero-order chi connectivity index (χ0) is 11.5. The maximum atomic E-state index is 13.2. The Kier molecular flexibility index (Phi) is 3.41. The van der Waals surface area contributed by atoms with Crippen molar-refractivity contribution in [1.82, 2.24) is 4.98 Å². The molecule has 84 valence electrons. The van der Waals surface area contributed by atoms with Gasteiger partial charge in [-0.05, 0) is 18.2 Å². The highest BCUT2D eigenvalue weighted by molar-refractivity contribution is 7.13. The third-order valence-corrected chi connectivity index (χ3v) is 3.30. The van der Waals surface area contributed by atoms with Crippen LogP contribution < -0.4 is 4.74 Å². The molecule has 0 aliphatic rings. The van der Waals surface area contributed by atoms with Crippen molar-refractivity contribution in [3.05, 3.63) is 35.1 Å². The summed E-state index contributed by atoms with van der Waals surface area (Å²) in [7, 11) is 1.44. The van der Waals surface area contributed by atoms with E-state index in [0.717, 1.165) is 16.3 Å². The Labute approximate surface area is 102 Å². The summed E-state index contributed by atoms with van der Waals surface area (Å²) in [6.45, 7) is 0. The fourth-order valence-electron chi connectivity index (χ4n) is 1.29. The summed E-state index contributed by atoms with van der Waals surface area (Å²) >= 11 is 7.15. The van der Waals surface area contributed by atoms with Crippen LogP contribution in [0.1, 0.15) is 5.69 Å². The molecule has 0 unspecified atom stereocenters. The van der Waals surface area contributed by atoms with Crippen molar-refractivity contribution in [2.45, 2.75) is 5.88 Å². The predicted octanol–water partition coefficient (Wildman–Crippen LogP) is 3.70. The topological polar surface area (TPSA) is 22.1 Å². The number of thiazole rings is 1. The maximum Gasteiger partial charge on any atom is 0.165 e. The van der Waals surface area contributed by atoms with Crippen LogP contribution in [0.4, 0.5) is 4.39 Å². The van der Waals surface area contributed by atoms with Gasteiger partial charge in [-0.1, -0.05) is 0 Å². The normalized spacial score (nSPS) is 10.4. The number of nitrogens with zero attached hydrogens (tertiary/aromatic N) is 1. The van der Waals surface area contributed by atoms with Crippen LogP contribution in [0.15, 0.2) is 23.6 Å². The highest BCUT2D eigenvalue weighted by Gasteiger charge is 2.08. The molecule has 1 heterocycles. The second-order valence-electron chi connectivity index (χ2n) is 3.13. The van der Waals surface area contributed by atoms with Gasteiger partial charge in [-0.3, -0.25) is 0 Å². The fourth-order valence-corrected chi connectivity index (χ4v) is 2.34. The first-order valence-corrected chi connectivity index (χ1v) is 6.00. The molecule has 5 heteroatoms. The van der Waals surface area contributed by atoms with Gasteiger partial charge in [-0.25, -0.2) is 9.37 Å². The molecular weight excluding hydrogens is 249 g/mol. The van der Waals surface area contributed by atoms with Gasteiger partial charge in [0.25, 0.3) is 0 Å². The van der Waals surface area contributed by atoms with Crippen molar-refractivity contribution in [3.63, 3.8) is 0 Å². The number of halogens is 2. The van der Waals surface area contributed by atoms with E-state index >= 15 is 0 Å². The zero-order valence-electron chi connectivity index (χ0n) is 8.54. The number of rotatable bonds is 3. The third kappa shape index (κ3) is 2.18. The SMILES string of the molecule is COc1cc(-c2nc(CCl)cs2)ccc1F. The van der Waals surface area contributed by atoms with Gasteiger partial charge in [0.15, 0.2) is 11.6 Å². The molecule has 0 aliphatic carbocycles. The van der Waals surface area contributed by atoms with Gasteiger partial charge in [0.1, 0.15) is 5.01 Å². The first-order valence-electron chi connectivity index (χ1n) is 4.59. The standard InChI is InChI=1S/C11H9ClFNOS/c1-15-10-4-7(2-3-9(10)13)11-14-8(5-12)6-16-11/h2-4,6H,5H2,1H3. The van der Waals surface area contributed by atoms with Crippen molar-refractivity contribution in [2.75, 3.05) is 7.11 Å². The van der Waals surface area contributed by atoms with Crippen LogP contribution in [-0.2, 0) is 5.88 Å². The molecule has 16 heavy (non-hydrogen) atoms. The van der Waals surface area contributed by atoms with Crippen molar-refractivity contribution < 1.29 is 9.13 Å². The Bertz CT molecular complexity index is 500. The molecule has 1 aromatic carbocycles. The Morgan fingerprint density at radius 1 is 1.50 bits per heavy atom. The average Bonchev–Trinajstić information content (AvgIpc) is 2.78. The minimum atomic E-state index is -0.375. The van der Waals surface area contributed by atoms with Gasteiger partial charge in [0, 0.05) is 10.9 Å². The van der Waals surface area contributed by atoms with Crippen LogP contribution in [0.3, 0.4) is 0 Å². The Hall–Kier alpha value is -1.13. The van der Waals surface area contributed by atoms with Gasteiger partial charge in [-0.2, -0.15) is 0 Å². The third-order valence-electron chi connectivity index (χ3n) is 2.09. The highest BCUT2D eigenvalue weighted by Crippen LogP contribution is 2.28. The number of alkyl halides is 1. The first kappa shape index (κ1) is 11.4. The monoisotopic (exact) mass is 257 g/mol. The van der Waals surface area contributed by atoms with Crippen LogP contribution in [-0.4, -0.2) is 12.1 Å².